The summed E-state index contributed by atoms with van der Waals surface area (Å²) in [6.45, 7) is 5.67. The lowest BCUT2D eigenvalue weighted by atomic mass is 10.1. The van der Waals surface area contributed by atoms with Crippen molar-refractivity contribution in [3.63, 3.8) is 0 Å². The second-order valence-corrected chi connectivity index (χ2v) is 5.63. The maximum absolute atomic E-state index is 12.1. The average Bonchev–Trinajstić information content (AvgIpc) is 2.61. The molecule has 0 saturated heterocycles. The largest absolute Gasteiger partial charge is 0.497 e. The first-order valence-electron chi connectivity index (χ1n) is 7.81. The summed E-state index contributed by atoms with van der Waals surface area (Å²) < 4.78 is 5.12. The van der Waals surface area contributed by atoms with Crippen molar-refractivity contribution in [2.24, 2.45) is 5.10 Å². The highest BCUT2D eigenvalue weighted by atomic mass is 16.5. The smallest absolute Gasteiger partial charge is 0.262 e. The SMILES string of the molecule is COc1ccc(/C(C)=N/NC(=O)C(C)Nc2ccc(C)cc2)cc1. The molecule has 1 atom stereocenters. The molecule has 2 N–H and O–H groups in total. The zero-order chi connectivity index (χ0) is 17.5. The van der Waals surface area contributed by atoms with Crippen LogP contribution in [0.4, 0.5) is 5.69 Å². The number of hydrazone groups is 1. The van der Waals surface area contributed by atoms with E-state index in [4.69, 9.17) is 4.74 Å². The first-order valence-corrected chi connectivity index (χ1v) is 7.81. The first kappa shape index (κ1) is 17.5. The van der Waals surface area contributed by atoms with Gasteiger partial charge in [0.2, 0.25) is 0 Å². The number of nitrogens with zero attached hydrogens (tertiary/aromatic N) is 1. The van der Waals surface area contributed by atoms with Crippen LogP contribution in [-0.4, -0.2) is 24.8 Å². The summed E-state index contributed by atoms with van der Waals surface area (Å²) in [7, 11) is 1.62. The molecule has 0 fully saturated rings. The maximum atomic E-state index is 12.1. The third kappa shape index (κ3) is 4.84. The van der Waals surface area contributed by atoms with Gasteiger partial charge in [-0.1, -0.05) is 17.7 Å². The summed E-state index contributed by atoms with van der Waals surface area (Å²) in [6, 6.07) is 15.0. The Morgan fingerprint density at radius 2 is 1.71 bits per heavy atom. The van der Waals surface area contributed by atoms with Gasteiger partial charge < -0.3 is 10.1 Å². The highest BCUT2D eigenvalue weighted by Crippen LogP contribution is 2.12. The van der Waals surface area contributed by atoms with Gasteiger partial charge in [0.15, 0.2) is 0 Å². The van der Waals surface area contributed by atoms with E-state index in [-0.39, 0.29) is 11.9 Å². The molecule has 0 aliphatic carbocycles. The molecule has 1 unspecified atom stereocenters. The van der Waals surface area contributed by atoms with Crippen LogP contribution in [0.3, 0.4) is 0 Å². The second-order valence-electron chi connectivity index (χ2n) is 5.63. The highest BCUT2D eigenvalue weighted by molar-refractivity contribution is 5.99. The molecule has 24 heavy (non-hydrogen) atoms. The number of aryl methyl sites for hydroxylation is 1. The molecule has 1 amide bonds. The number of ether oxygens (including phenoxy) is 1. The van der Waals surface area contributed by atoms with Crippen molar-refractivity contribution in [3.8, 4) is 5.75 Å². The predicted octanol–water partition coefficient (Wildman–Crippen LogP) is 3.34. The van der Waals surface area contributed by atoms with Crippen LogP contribution in [0.5, 0.6) is 5.75 Å². The Hall–Kier alpha value is -2.82. The number of hydrogen-bond donors (Lipinski definition) is 2. The second kappa shape index (κ2) is 8.15. The van der Waals surface area contributed by atoms with E-state index in [1.165, 1.54) is 5.56 Å². The number of hydrogen-bond acceptors (Lipinski definition) is 4. The van der Waals surface area contributed by atoms with E-state index in [1.807, 2.05) is 62.4 Å². The monoisotopic (exact) mass is 325 g/mol. The lowest BCUT2D eigenvalue weighted by molar-refractivity contribution is -0.121. The summed E-state index contributed by atoms with van der Waals surface area (Å²) in [5.41, 5.74) is 6.33. The minimum Gasteiger partial charge on any atom is -0.497 e. The Morgan fingerprint density at radius 3 is 2.29 bits per heavy atom. The van der Waals surface area contributed by atoms with Crippen LogP contribution in [0.25, 0.3) is 0 Å². The maximum Gasteiger partial charge on any atom is 0.262 e. The summed E-state index contributed by atoms with van der Waals surface area (Å²) in [6.07, 6.45) is 0. The summed E-state index contributed by atoms with van der Waals surface area (Å²) >= 11 is 0. The molecule has 0 bridgehead atoms. The van der Waals surface area contributed by atoms with Gasteiger partial charge in [0, 0.05) is 5.69 Å². The van der Waals surface area contributed by atoms with Gasteiger partial charge in [-0.25, -0.2) is 5.43 Å². The molecule has 126 valence electrons. The standard InChI is InChI=1S/C19H23N3O2/c1-13-5-9-17(10-6-13)20-15(3)19(23)22-21-14(2)16-7-11-18(24-4)12-8-16/h5-12,15,20H,1-4H3,(H,22,23)/b21-14+. The van der Waals surface area contributed by atoms with Crippen molar-refractivity contribution < 1.29 is 9.53 Å². The van der Waals surface area contributed by atoms with E-state index >= 15 is 0 Å². The minimum atomic E-state index is -0.389. The van der Waals surface area contributed by atoms with Gasteiger partial charge in [0.25, 0.3) is 5.91 Å². The van der Waals surface area contributed by atoms with E-state index < -0.39 is 0 Å². The van der Waals surface area contributed by atoms with Gasteiger partial charge in [0.05, 0.1) is 12.8 Å². The van der Waals surface area contributed by atoms with Gasteiger partial charge in [-0.05, 0) is 62.7 Å². The molecule has 0 saturated carbocycles. The molecule has 0 aliphatic heterocycles. The van der Waals surface area contributed by atoms with Gasteiger partial charge >= 0.3 is 0 Å². The van der Waals surface area contributed by atoms with Crippen LogP contribution >= 0.6 is 0 Å². The Bertz CT molecular complexity index is 706. The van der Waals surface area contributed by atoms with E-state index in [0.717, 1.165) is 22.7 Å². The van der Waals surface area contributed by atoms with Crippen molar-refractivity contribution in [2.45, 2.75) is 26.8 Å². The van der Waals surface area contributed by atoms with E-state index in [1.54, 1.807) is 14.0 Å². The number of carbonyl (C=O) groups excluding carboxylic acids is 1. The number of benzene rings is 2. The molecular formula is C19H23N3O2. The fraction of sp³-hybridized carbons (Fsp3) is 0.263. The third-order valence-corrected chi connectivity index (χ3v) is 3.67. The number of carbonyl (C=O) groups is 1. The van der Waals surface area contributed by atoms with Crippen LogP contribution in [0, 0.1) is 6.92 Å². The molecule has 0 heterocycles. The molecule has 2 aromatic carbocycles. The van der Waals surface area contributed by atoms with Gasteiger partial charge in [-0.15, -0.1) is 0 Å². The predicted molar refractivity (Wildman–Crippen MR) is 97.6 cm³/mol. The molecule has 5 heteroatoms. The Balaban J connectivity index is 1.93. The fourth-order valence-electron chi connectivity index (χ4n) is 2.10. The average molecular weight is 325 g/mol. The number of rotatable bonds is 6. The Labute approximate surface area is 142 Å². The molecule has 0 radical (unpaired) electrons. The normalized spacial score (nSPS) is 12.4. The van der Waals surface area contributed by atoms with E-state index in [0.29, 0.717) is 0 Å². The molecule has 0 aromatic heterocycles. The Morgan fingerprint density at radius 1 is 1.08 bits per heavy atom. The van der Waals surface area contributed by atoms with Gasteiger partial charge in [0.1, 0.15) is 11.8 Å². The van der Waals surface area contributed by atoms with Crippen molar-refractivity contribution in [1.82, 2.24) is 5.43 Å². The van der Waals surface area contributed by atoms with Crippen LogP contribution in [0.2, 0.25) is 0 Å². The van der Waals surface area contributed by atoms with Crippen LogP contribution in [0.1, 0.15) is 25.0 Å². The fourth-order valence-corrected chi connectivity index (χ4v) is 2.10. The molecule has 0 aliphatic rings. The summed E-state index contributed by atoms with van der Waals surface area (Å²) in [5, 5.41) is 7.31. The lowest BCUT2D eigenvalue weighted by Gasteiger charge is -2.14. The number of anilines is 1. The van der Waals surface area contributed by atoms with Crippen LogP contribution < -0.4 is 15.5 Å². The zero-order valence-corrected chi connectivity index (χ0v) is 14.5. The number of methoxy groups -OCH3 is 1. The van der Waals surface area contributed by atoms with Gasteiger partial charge in [-0.2, -0.15) is 5.10 Å². The third-order valence-electron chi connectivity index (χ3n) is 3.67. The van der Waals surface area contributed by atoms with Crippen molar-refractivity contribution in [3.05, 3.63) is 59.7 Å². The van der Waals surface area contributed by atoms with Crippen LogP contribution in [0.15, 0.2) is 53.6 Å². The molecular weight excluding hydrogens is 302 g/mol. The zero-order valence-electron chi connectivity index (χ0n) is 14.5. The van der Waals surface area contributed by atoms with Crippen molar-refractivity contribution >= 4 is 17.3 Å². The van der Waals surface area contributed by atoms with Gasteiger partial charge in [-0.3, -0.25) is 4.79 Å². The van der Waals surface area contributed by atoms with Crippen molar-refractivity contribution in [1.29, 1.82) is 0 Å². The topological polar surface area (TPSA) is 62.7 Å². The van der Waals surface area contributed by atoms with E-state index in [2.05, 4.69) is 15.8 Å². The molecule has 0 spiro atoms. The van der Waals surface area contributed by atoms with E-state index in [9.17, 15) is 4.79 Å². The molecule has 5 nitrogen and oxygen atoms in total. The number of amides is 1. The minimum absolute atomic E-state index is 0.191. The first-order chi connectivity index (χ1) is 11.5. The highest BCUT2D eigenvalue weighted by Gasteiger charge is 2.12. The number of nitrogens with one attached hydrogen (secondary N) is 2. The quantitative estimate of drug-likeness (QED) is 0.632. The molecule has 2 rings (SSSR count). The van der Waals surface area contributed by atoms with Crippen molar-refractivity contribution in [2.75, 3.05) is 12.4 Å². The summed E-state index contributed by atoms with van der Waals surface area (Å²) in [4.78, 5) is 12.1. The van der Waals surface area contributed by atoms with Crippen LogP contribution in [-0.2, 0) is 4.79 Å². The molecule has 2 aromatic rings. The lowest BCUT2D eigenvalue weighted by Crippen LogP contribution is -2.35. The summed E-state index contributed by atoms with van der Waals surface area (Å²) in [5.74, 6) is 0.593. The Kier molecular flexibility index (Phi) is 5.95.